The Bertz CT molecular complexity index is 1110. The number of methoxy groups -OCH3 is 1. The van der Waals surface area contributed by atoms with Crippen molar-refractivity contribution in [2.24, 2.45) is 0 Å². The Balaban J connectivity index is 0.00000324. The van der Waals surface area contributed by atoms with E-state index < -0.39 is 0 Å². The van der Waals surface area contributed by atoms with Crippen LogP contribution in [0.5, 0.6) is 5.88 Å². The van der Waals surface area contributed by atoms with E-state index in [1.807, 2.05) is 18.2 Å². The predicted octanol–water partition coefficient (Wildman–Crippen LogP) is 3.41. The summed E-state index contributed by atoms with van der Waals surface area (Å²) in [6.45, 7) is 0.796. The highest BCUT2D eigenvalue weighted by molar-refractivity contribution is 6.01. The molecule has 0 aliphatic carbocycles. The summed E-state index contributed by atoms with van der Waals surface area (Å²) in [5.41, 5.74) is 4.13. The van der Waals surface area contributed by atoms with Crippen LogP contribution in [0.3, 0.4) is 0 Å². The smallest absolute Gasteiger partial charge is 0.328 e. The monoisotopic (exact) mass is 465 g/mol. The Labute approximate surface area is 199 Å². The highest BCUT2D eigenvalue weighted by Crippen LogP contribution is 2.29. The second kappa shape index (κ2) is 12.1. The van der Waals surface area contributed by atoms with Crippen molar-refractivity contribution in [3.8, 4) is 17.1 Å². The number of anilines is 2. The lowest BCUT2D eigenvalue weighted by Crippen LogP contribution is -2.36. The van der Waals surface area contributed by atoms with E-state index in [1.165, 1.54) is 19.0 Å². The van der Waals surface area contributed by atoms with Gasteiger partial charge in [0.15, 0.2) is 0 Å². The number of urea groups is 1. The molecule has 1 aliphatic heterocycles. The number of aromatic nitrogens is 3. The zero-order valence-corrected chi connectivity index (χ0v) is 19.3. The number of hydrogen-bond acceptors (Lipinski definition) is 6. The number of nitrogens with one attached hydrogen (secondary N) is 1. The molecule has 0 fully saturated rings. The number of nitrogens with zero attached hydrogens (tertiary/aromatic N) is 4. The van der Waals surface area contributed by atoms with Crippen LogP contribution in [0.2, 0.25) is 0 Å². The molecule has 0 bridgehead atoms. The number of fused-ring (bicyclic) bond motifs is 1. The number of aliphatic hydroxyl groups is 1. The molecule has 2 amide bonds. The molecular weight excluding hydrogens is 434 g/mol. The molecule has 9 heteroatoms. The van der Waals surface area contributed by atoms with Gasteiger partial charge in [-0.2, -0.15) is 0 Å². The molecule has 1 aromatic carbocycles. The molecule has 0 atom stereocenters. The van der Waals surface area contributed by atoms with Gasteiger partial charge < -0.3 is 15.3 Å². The second-order valence-corrected chi connectivity index (χ2v) is 8.04. The third kappa shape index (κ3) is 6.06. The molecule has 0 unspecified atom stereocenters. The molecule has 3 heterocycles. The normalized spacial score (nSPS) is 12.8. The van der Waals surface area contributed by atoms with Crippen LogP contribution < -0.4 is 15.0 Å². The van der Waals surface area contributed by atoms with E-state index >= 15 is 0 Å². The fourth-order valence-corrected chi connectivity index (χ4v) is 3.98. The SMILES string of the molecule is COc1cc(NC(=O)N2CCCCc3ccc(-c4cccc(CCCCO)c4)nc32)ncn1.O. The van der Waals surface area contributed by atoms with Crippen LogP contribution in [-0.2, 0) is 12.8 Å². The van der Waals surface area contributed by atoms with Gasteiger partial charge in [-0.25, -0.2) is 19.7 Å². The highest BCUT2D eigenvalue weighted by atomic mass is 16.5. The minimum Gasteiger partial charge on any atom is -0.481 e. The number of unbranched alkanes of at least 4 members (excludes halogenated alkanes) is 1. The Morgan fingerprint density at radius 1 is 1.15 bits per heavy atom. The van der Waals surface area contributed by atoms with E-state index in [0.717, 1.165) is 55.3 Å². The maximum atomic E-state index is 13.2. The first-order valence-corrected chi connectivity index (χ1v) is 11.3. The average Bonchev–Trinajstić information content (AvgIpc) is 3.06. The molecule has 2 aromatic heterocycles. The minimum atomic E-state index is -0.277. The quantitative estimate of drug-likeness (QED) is 0.514. The first-order chi connectivity index (χ1) is 16.2. The number of aryl methyl sites for hydroxylation is 2. The molecular formula is C25H31N5O4. The van der Waals surface area contributed by atoms with E-state index in [2.05, 4.69) is 33.5 Å². The Morgan fingerprint density at radius 3 is 2.85 bits per heavy atom. The molecule has 180 valence electrons. The van der Waals surface area contributed by atoms with E-state index in [4.69, 9.17) is 14.8 Å². The topological polar surface area (TPSA) is 132 Å². The van der Waals surface area contributed by atoms with Gasteiger partial charge in [0.1, 0.15) is 18.0 Å². The Hall–Kier alpha value is -3.56. The summed E-state index contributed by atoms with van der Waals surface area (Å²) in [6.07, 6.45) is 6.79. The van der Waals surface area contributed by atoms with Gasteiger partial charge in [-0.05, 0) is 61.8 Å². The van der Waals surface area contributed by atoms with Gasteiger partial charge in [0.25, 0.3) is 0 Å². The molecule has 3 aromatic rings. The number of amides is 2. The summed E-state index contributed by atoms with van der Waals surface area (Å²) in [5, 5.41) is 11.9. The van der Waals surface area contributed by atoms with Gasteiger partial charge in [-0.1, -0.05) is 24.3 Å². The van der Waals surface area contributed by atoms with Gasteiger partial charge in [-0.3, -0.25) is 10.2 Å². The number of benzene rings is 1. The first-order valence-electron chi connectivity index (χ1n) is 11.3. The van der Waals surface area contributed by atoms with Crippen LogP contribution in [0.15, 0.2) is 48.8 Å². The zero-order chi connectivity index (χ0) is 23.0. The number of pyridine rings is 1. The summed E-state index contributed by atoms with van der Waals surface area (Å²) >= 11 is 0. The summed E-state index contributed by atoms with van der Waals surface area (Å²) in [7, 11) is 1.52. The summed E-state index contributed by atoms with van der Waals surface area (Å²) in [6, 6.07) is 13.7. The third-order valence-electron chi connectivity index (χ3n) is 5.72. The van der Waals surface area contributed by atoms with Crippen molar-refractivity contribution in [1.29, 1.82) is 0 Å². The fraction of sp³-hybridized carbons (Fsp3) is 0.360. The summed E-state index contributed by atoms with van der Waals surface area (Å²) < 4.78 is 5.12. The summed E-state index contributed by atoms with van der Waals surface area (Å²) in [5.74, 6) is 1.45. The van der Waals surface area contributed by atoms with Crippen molar-refractivity contribution >= 4 is 17.7 Å². The number of ether oxygens (including phenoxy) is 1. The van der Waals surface area contributed by atoms with Crippen molar-refractivity contribution < 1.29 is 20.1 Å². The highest BCUT2D eigenvalue weighted by Gasteiger charge is 2.24. The van der Waals surface area contributed by atoms with Crippen molar-refractivity contribution in [3.63, 3.8) is 0 Å². The lowest BCUT2D eigenvalue weighted by atomic mass is 10.0. The largest absolute Gasteiger partial charge is 0.481 e. The van der Waals surface area contributed by atoms with E-state index in [1.54, 1.807) is 11.0 Å². The molecule has 0 saturated heterocycles. The predicted molar refractivity (Wildman–Crippen MR) is 131 cm³/mol. The number of hydrogen-bond donors (Lipinski definition) is 2. The van der Waals surface area contributed by atoms with Gasteiger partial charge in [0.05, 0.1) is 12.8 Å². The first kappa shape index (κ1) is 25.1. The van der Waals surface area contributed by atoms with Crippen LogP contribution >= 0.6 is 0 Å². The molecule has 0 radical (unpaired) electrons. The maximum absolute atomic E-state index is 13.2. The molecule has 34 heavy (non-hydrogen) atoms. The van der Waals surface area contributed by atoms with Crippen LogP contribution in [-0.4, -0.2) is 51.8 Å². The van der Waals surface area contributed by atoms with Crippen LogP contribution in [0.4, 0.5) is 16.4 Å². The number of carbonyl (C=O) groups excluding carboxylic acids is 1. The standard InChI is InChI=1S/C25H29N5O3.H2O/c1-33-23-16-22(26-17-27-23)29-25(32)30-13-4-2-9-19-11-12-21(28-24(19)30)20-10-6-8-18(15-20)7-3-5-14-31;/h6,8,10-12,15-17,31H,2-5,7,9,13-14H2,1H3,(H,26,27,29,32);1H2. The van der Waals surface area contributed by atoms with Gasteiger partial charge >= 0.3 is 6.03 Å². The molecule has 4 N–H and O–H groups in total. The molecule has 0 spiro atoms. The van der Waals surface area contributed by atoms with Crippen LogP contribution in [0.1, 0.15) is 36.8 Å². The Kier molecular flexibility index (Phi) is 8.89. The average molecular weight is 466 g/mol. The van der Waals surface area contributed by atoms with Crippen molar-refractivity contribution in [1.82, 2.24) is 15.0 Å². The van der Waals surface area contributed by atoms with E-state index in [0.29, 0.717) is 24.1 Å². The zero-order valence-electron chi connectivity index (χ0n) is 19.3. The van der Waals surface area contributed by atoms with Crippen LogP contribution in [0.25, 0.3) is 11.3 Å². The van der Waals surface area contributed by atoms with Crippen molar-refractivity contribution in [3.05, 3.63) is 59.9 Å². The molecule has 4 rings (SSSR count). The van der Waals surface area contributed by atoms with E-state index in [-0.39, 0.29) is 18.1 Å². The lowest BCUT2D eigenvalue weighted by molar-refractivity contribution is 0.256. The third-order valence-corrected chi connectivity index (χ3v) is 5.72. The minimum absolute atomic E-state index is 0. The molecule has 1 aliphatic rings. The Morgan fingerprint density at radius 2 is 2.03 bits per heavy atom. The maximum Gasteiger partial charge on any atom is 0.328 e. The van der Waals surface area contributed by atoms with E-state index in [9.17, 15) is 4.79 Å². The summed E-state index contributed by atoms with van der Waals surface area (Å²) in [4.78, 5) is 27.9. The van der Waals surface area contributed by atoms with Crippen LogP contribution in [0, 0.1) is 0 Å². The van der Waals surface area contributed by atoms with Crippen molar-refractivity contribution in [2.45, 2.75) is 38.5 Å². The second-order valence-electron chi connectivity index (χ2n) is 8.04. The number of rotatable bonds is 7. The lowest BCUT2D eigenvalue weighted by Gasteiger charge is -2.22. The van der Waals surface area contributed by atoms with Crippen molar-refractivity contribution in [2.75, 3.05) is 30.5 Å². The number of carbonyl (C=O) groups is 1. The van der Waals surface area contributed by atoms with Gasteiger partial charge in [0, 0.05) is 24.8 Å². The fourth-order valence-electron chi connectivity index (χ4n) is 3.98. The van der Waals surface area contributed by atoms with Gasteiger partial charge in [-0.15, -0.1) is 0 Å². The molecule has 9 nitrogen and oxygen atoms in total. The number of aliphatic hydroxyl groups excluding tert-OH is 1. The molecule has 0 saturated carbocycles. The van der Waals surface area contributed by atoms with Gasteiger partial charge in [0.2, 0.25) is 5.88 Å².